The highest BCUT2D eigenvalue weighted by molar-refractivity contribution is 6.00. The summed E-state index contributed by atoms with van der Waals surface area (Å²) in [5.74, 6) is -0.724. The van der Waals surface area contributed by atoms with Crippen LogP contribution in [0, 0.1) is 17.7 Å². The van der Waals surface area contributed by atoms with Gasteiger partial charge in [-0.15, -0.1) is 12.4 Å². The molecule has 2 saturated heterocycles. The molecule has 2 amide bonds. The number of hydrogen-bond acceptors (Lipinski definition) is 3. The third-order valence-corrected chi connectivity index (χ3v) is 4.90. The second kappa shape index (κ2) is 7.49. The lowest BCUT2D eigenvalue weighted by atomic mass is 10.1. The fourth-order valence-electron chi connectivity index (χ4n) is 3.63. The Kier molecular flexibility index (Phi) is 5.83. The third kappa shape index (κ3) is 3.39. The molecule has 5 nitrogen and oxygen atoms in total. The van der Waals surface area contributed by atoms with Crippen molar-refractivity contribution in [2.75, 3.05) is 24.5 Å². The van der Waals surface area contributed by atoms with Gasteiger partial charge in [-0.05, 0) is 37.9 Å². The van der Waals surface area contributed by atoms with Crippen molar-refractivity contribution in [1.29, 1.82) is 0 Å². The van der Waals surface area contributed by atoms with Crippen LogP contribution in [-0.2, 0) is 9.59 Å². The predicted molar refractivity (Wildman–Crippen MR) is 92.4 cm³/mol. The van der Waals surface area contributed by atoms with Crippen molar-refractivity contribution in [2.24, 2.45) is 17.6 Å². The highest BCUT2D eigenvalue weighted by Crippen LogP contribution is 2.31. The van der Waals surface area contributed by atoms with Gasteiger partial charge >= 0.3 is 0 Å². The maximum Gasteiger partial charge on any atom is 0.228 e. The molecular formula is C17H23ClFN3O2. The van der Waals surface area contributed by atoms with Crippen molar-refractivity contribution >= 4 is 29.9 Å². The highest BCUT2D eigenvalue weighted by atomic mass is 35.5. The number of hydrogen-bond donors (Lipinski definition) is 1. The van der Waals surface area contributed by atoms with E-state index in [1.165, 1.54) is 11.0 Å². The molecule has 0 saturated carbocycles. The van der Waals surface area contributed by atoms with E-state index in [-0.39, 0.29) is 48.9 Å². The standard InChI is InChI=1S/C17H22FN3O2.ClH/c1-11-6-12(8-19)9-20(11)17(23)13-7-16(22)21(10-13)15-5-3-2-4-14(15)18;/h2-5,11-13H,6-10,19H2,1H3;1H. The zero-order chi connectivity index (χ0) is 16.6. The number of amides is 2. The van der Waals surface area contributed by atoms with Gasteiger partial charge in [-0.3, -0.25) is 9.59 Å². The van der Waals surface area contributed by atoms with E-state index in [2.05, 4.69) is 0 Å². The second-order valence-electron chi connectivity index (χ2n) is 6.53. The van der Waals surface area contributed by atoms with E-state index in [1.54, 1.807) is 18.2 Å². The zero-order valence-corrected chi connectivity index (χ0v) is 14.5. The monoisotopic (exact) mass is 355 g/mol. The lowest BCUT2D eigenvalue weighted by molar-refractivity contribution is -0.136. The summed E-state index contributed by atoms with van der Waals surface area (Å²) in [6.45, 7) is 3.48. The first kappa shape index (κ1) is 18.7. The number of benzene rings is 1. The molecule has 2 aliphatic heterocycles. The van der Waals surface area contributed by atoms with E-state index in [4.69, 9.17) is 5.73 Å². The van der Waals surface area contributed by atoms with Gasteiger partial charge in [0.25, 0.3) is 0 Å². The molecule has 3 rings (SSSR count). The van der Waals surface area contributed by atoms with Crippen LogP contribution in [0.5, 0.6) is 0 Å². The van der Waals surface area contributed by atoms with Gasteiger partial charge in [-0.25, -0.2) is 4.39 Å². The van der Waals surface area contributed by atoms with Crippen LogP contribution in [0.1, 0.15) is 19.8 Å². The fraction of sp³-hybridized carbons (Fsp3) is 0.529. The molecule has 3 atom stereocenters. The number of carbonyl (C=O) groups is 2. The van der Waals surface area contributed by atoms with Gasteiger partial charge in [0, 0.05) is 25.6 Å². The van der Waals surface area contributed by atoms with Gasteiger partial charge in [-0.2, -0.15) is 0 Å². The number of carbonyl (C=O) groups excluding carboxylic acids is 2. The maximum atomic E-state index is 13.9. The van der Waals surface area contributed by atoms with Crippen molar-refractivity contribution in [2.45, 2.75) is 25.8 Å². The van der Waals surface area contributed by atoms with Gasteiger partial charge in [0.15, 0.2) is 0 Å². The van der Waals surface area contributed by atoms with E-state index < -0.39 is 11.7 Å². The van der Waals surface area contributed by atoms with Crippen molar-refractivity contribution in [3.8, 4) is 0 Å². The average molecular weight is 356 g/mol. The number of nitrogens with zero attached hydrogens (tertiary/aromatic N) is 2. The smallest absolute Gasteiger partial charge is 0.228 e. The summed E-state index contributed by atoms with van der Waals surface area (Å²) >= 11 is 0. The Morgan fingerprint density at radius 3 is 2.67 bits per heavy atom. The number of anilines is 1. The number of para-hydroxylation sites is 1. The lowest BCUT2D eigenvalue weighted by Crippen LogP contribution is -2.40. The van der Waals surface area contributed by atoms with Gasteiger partial charge in [0.1, 0.15) is 5.82 Å². The van der Waals surface area contributed by atoms with Gasteiger partial charge < -0.3 is 15.5 Å². The molecule has 0 bridgehead atoms. The molecule has 3 unspecified atom stereocenters. The van der Waals surface area contributed by atoms with Gasteiger partial charge in [-0.1, -0.05) is 12.1 Å². The summed E-state index contributed by atoms with van der Waals surface area (Å²) in [5.41, 5.74) is 5.96. The molecule has 1 aromatic carbocycles. The molecular weight excluding hydrogens is 333 g/mol. The number of halogens is 2. The molecule has 2 fully saturated rings. The van der Waals surface area contributed by atoms with Crippen LogP contribution in [-0.4, -0.2) is 42.4 Å². The Balaban J connectivity index is 0.00000208. The molecule has 2 N–H and O–H groups in total. The van der Waals surface area contributed by atoms with E-state index in [1.807, 2.05) is 11.8 Å². The van der Waals surface area contributed by atoms with Crippen LogP contribution in [0.25, 0.3) is 0 Å². The van der Waals surface area contributed by atoms with Crippen LogP contribution >= 0.6 is 12.4 Å². The molecule has 132 valence electrons. The van der Waals surface area contributed by atoms with E-state index >= 15 is 0 Å². The van der Waals surface area contributed by atoms with Crippen LogP contribution in [0.2, 0.25) is 0 Å². The minimum Gasteiger partial charge on any atom is -0.339 e. The molecule has 0 aromatic heterocycles. The third-order valence-electron chi connectivity index (χ3n) is 4.90. The van der Waals surface area contributed by atoms with Gasteiger partial charge in [0.05, 0.1) is 11.6 Å². The normalized spacial score (nSPS) is 26.6. The van der Waals surface area contributed by atoms with Crippen molar-refractivity contribution in [3.63, 3.8) is 0 Å². The van der Waals surface area contributed by atoms with E-state index in [0.717, 1.165) is 6.42 Å². The van der Waals surface area contributed by atoms with Crippen LogP contribution < -0.4 is 10.6 Å². The molecule has 1 aromatic rings. The van der Waals surface area contributed by atoms with Crippen LogP contribution in [0.3, 0.4) is 0 Å². The minimum absolute atomic E-state index is 0. The summed E-state index contributed by atoms with van der Waals surface area (Å²) in [4.78, 5) is 28.2. The molecule has 0 spiro atoms. The van der Waals surface area contributed by atoms with Crippen molar-refractivity contribution < 1.29 is 14.0 Å². The number of nitrogens with two attached hydrogens (primary N) is 1. The SMILES string of the molecule is CC1CC(CN)CN1C(=O)C1CC(=O)N(c2ccccc2F)C1.Cl. The van der Waals surface area contributed by atoms with Crippen LogP contribution in [0.15, 0.2) is 24.3 Å². The average Bonchev–Trinajstić information content (AvgIpc) is 3.10. The molecule has 0 aliphatic carbocycles. The Hall–Kier alpha value is -1.66. The minimum atomic E-state index is -0.438. The largest absolute Gasteiger partial charge is 0.339 e. The quantitative estimate of drug-likeness (QED) is 0.899. The first-order valence-corrected chi connectivity index (χ1v) is 8.06. The maximum absolute atomic E-state index is 13.9. The second-order valence-corrected chi connectivity index (χ2v) is 6.53. The predicted octanol–water partition coefficient (Wildman–Crippen LogP) is 1.80. The zero-order valence-electron chi connectivity index (χ0n) is 13.7. The fourth-order valence-corrected chi connectivity index (χ4v) is 3.63. The Labute approximate surface area is 147 Å². The Morgan fingerprint density at radius 1 is 1.33 bits per heavy atom. The van der Waals surface area contributed by atoms with Crippen molar-refractivity contribution in [3.05, 3.63) is 30.1 Å². The van der Waals surface area contributed by atoms with E-state index in [9.17, 15) is 14.0 Å². The lowest BCUT2D eigenvalue weighted by Gasteiger charge is -2.25. The summed E-state index contributed by atoms with van der Waals surface area (Å²) < 4.78 is 13.9. The number of likely N-dealkylation sites (tertiary alicyclic amines) is 1. The molecule has 2 heterocycles. The van der Waals surface area contributed by atoms with Crippen LogP contribution in [0.4, 0.5) is 10.1 Å². The molecule has 24 heavy (non-hydrogen) atoms. The molecule has 0 radical (unpaired) electrons. The summed E-state index contributed by atoms with van der Waals surface area (Å²) in [6, 6.07) is 6.32. The van der Waals surface area contributed by atoms with E-state index in [0.29, 0.717) is 19.0 Å². The molecule has 7 heteroatoms. The summed E-state index contributed by atoms with van der Waals surface area (Å²) in [6.07, 6.45) is 1.05. The first-order chi connectivity index (χ1) is 11.0. The molecule has 2 aliphatic rings. The van der Waals surface area contributed by atoms with Gasteiger partial charge in [0.2, 0.25) is 11.8 Å². The van der Waals surface area contributed by atoms with Crippen molar-refractivity contribution in [1.82, 2.24) is 4.90 Å². The highest BCUT2D eigenvalue weighted by Gasteiger charge is 2.41. The number of rotatable bonds is 3. The summed E-state index contributed by atoms with van der Waals surface area (Å²) in [5, 5.41) is 0. The Morgan fingerprint density at radius 2 is 2.04 bits per heavy atom. The Bertz CT molecular complexity index is 628. The topological polar surface area (TPSA) is 66.6 Å². The first-order valence-electron chi connectivity index (χ1n) is 8.06. The summed E-state index contributed by atoms with van der Waals surface area (Å²) in [7, 11) is 0.